The van der Waals surface area contributed by atoms with Gasteiger partial charge in [-0.1, -0.05) is 0 Å². The third-order valence-corrected chi connectivity index (χ3v) is 2.31. The van der Waals surface area contributed by atoms with Gasteiger partial charge in [-0.05, 0) is 18.2 Å². The van der Waals surface area contributed by atoms with Crippen molar-refractivity contribution in [2.45, 2.75) is 0 Å². The predicted molar refractivity (Wildman–Crippen MR) is 70.3 cm³/mol. The Kier molecular flexibility index (Phi) is 5.63. The number of aromatic carboxylic acids is 2. The van der Waals surface area contributed by atoms with Crippen LogP contribution < -0.4 is 0 Å². The Labute approximate surface area is 119 Å². The molecule has 8 nitrogen and oxygen atoms in total. The molecule has 1 heterocycles. The molecule has 0 amide bonds. The number of benzene rings is 1. The van der Waals surface area contributed by atoms with Crippen molar-refractivity contribution >= 4 is 17.9 Å². The summed E-state index contributed by atoms with van der Waals surface area (Å²) in [7, 11) is 1.08. The average molecular weight is 292 g/mol. The van der Waals surface area contributed by atoms with Gasteiger partial charge in [0, 0.05) is 12.4 Å². The van der Waals surface area contributed by atoms with Gasteiger partial charge in [0.15, 0.2) is 0 Å². The number of carbonyl (C=O) groups is 3. The van der Waals surface area contributed by atoms with Gasteiger partial charge in [-0.15, -0.1) is 0 Å². The topological polar surface area (TPSA) is 130 Å². The number of esters is 1. The van der Waals surface area contributed by atoms with Crippen LogP contribution in [0.15, 0.2) is 36.9 Å². The molecule has 0 atom stereocenters. The summed E-state index contributed by atoms with van der Waals surface area (Å²) < 4.78 is 4.37. The molecule has 21 heavy (non-hydrogen) atoms. The number of carbonyl (C=O) groups excluding carboxylic acids is 1. The molecular formula is C13H12N2O6. The van der Waals surface area contributed by atoms with E-state index in [0.717, 1.165) is 25.3 Å². The smallest absolute Gasteiger partial charge is 0.338 e. The molecule has 2 aromatic rings. The molecule has 0 aliphatic heterocycles. The first-order valence-corrected chi connectivity index (χ1v) is 5.59. The zero-order chi connectivity index (χ0) is 15.8. The normalized spacial score (nSPS) is 9.19. The van der Waals surface area contributed by atoms with E-state index < -0.39 is 17.9 Å². The summed E-state index contributed by atoms with van der Waals surface area (Å²) in [4.78, 5) is 39.1. The van der Waals surface area contributed by atoms with Crippen LogP contribution in [0.3, 0.4) is 0 Å². The summed E-state index contributed by atoms with van der Waals surface area (Å²) in [5, 5.41) is 17.5. The number of rotatable bonds is 3. The van der Waals surface area contributed by atoms with Crippen LogP contribution in [0.5, 0.6) is 0 Å². The maximum Gasteiger partial charge on any atom is 0.338 e. The maximum atomic E-state index is 11.2. The van der Waals surface area contributed by atoms with Gasteiger partial charge in [0.05, 0.1) is 30.1 Å². The monoisotopic (exact) mass is 292 g/mol. The minimum Gasteiger partial charge on any atom is -0.478 e. The number of aromatic amines is 1. The number of aromatic nitrogens is 2. The number of nitrogens with zero attached hydrogens (tertiary/aromatic N) is 1. The van der Waals surface area contributed by atoms with Gasteiger partial charge >= 0.3 is 17.9 Å². The lowest BCUT2D eigenvalue weighted by Crippen LogP contribution is -2.11. The first kappa shape index (κ1) is 15.9. The number of methoxy groups -OCH3 is 1. The van der Waals surface area contributed by atoms with Crippen molar-refractivity contribution in [2.24, 2.45) is 0 Å². The molecule has 0 bridgehead atoms. The van der Waals surface area contributed by atoms with Gasteiger partial charge in [0.1, 0.15) is 0 Å². The number of H-pyrrole nitrogens is 1. The third-order valence-electron chi connectivity index (χ3n) is 2.31. The first-order chi connectivity index (χ1) is 9.97. The molecule has 0 aliphatic carbocycles. The second-order valence-corrected chi connectivity index (χ2v) is 3.62. The Morgan fingerprint density at radius 3 is 2.24 bits per heavy atom. The highest BCUT2D eigenvalue weighted by Gasteiger charge is 2.19. The Morgan fingerprint density at radius 2 is 1.86 bits per heavy atom. The number of carboxylic acid groups (broad SMARTS) is 2. The fraction of sp³-hybridized carbons (Fsp3) is 0.0769. The second kappa shape index (κ2) is 7.43. The van der Waals surface area contributed by atoms with Crippen LogP contribution in [0.2, 0.25) is 0 Å². The van der Waals surface area contributed by atoms with Crippen LogP contribution in [-0.4, -0.2) is 45.2 Å². The highest BCUT2D eigenvalue weighted by atomic mass is 16.5. The lowest BCUT2D eigenvalue weighted by molar-refractivity contribution is 0.0582. The molecule has 1 aromatic heterocycles. The Bertz CT molecular complexity index is 619. The Hall–Kier alpha value is -3.16. The van der Waals surface area contributed by atoms with Crippen LogP contribution in [0, 0.1) is 0 Å². The Morgan fingerprint density at radius 1 is 1.14 bits per heavy atom. The molecule has 0 radical (unpaired) electrons. The number of hydrogen-bond donors (Lipinski definition) is 3. The van der Waals surface area contributed by atoms with Gasteiger partial charge in [0.25, 0.3) is 0 Å². The third kappa shape index (κ3) is 4.46. The van der Waals surface area contributed by atoms with Crippen molar-refractivity contribution in [3.63, 3.8) is 0 Å². The highest BCUT2D eigenvalue weighted by Crippen LogP contribution is 2.13. The van der Waals surface area contributed by atoms with E-state index in [2.05, 4.69) is 14.7 Å². The largest absolute Gasteiger partial charge is 0.478 e. The molecule has 3 N–H and O–H groups in total. The van der Waals surface area contributed by atoms with Crippen LogP contribution in [0.1, 0.15) is 31.1 Å². The van der Waals surface area contributed by atoms with E-state index in [1.807, 2.05) is 0 Å². The number of carboxylic acids is 2. The molecular weight excluding hydrogens is 280 g/mol. The van der Waals surface area contributed by atoms with Crippen molar-refractivity contribution < 1.29 is 29.3 Å². The van der Waals surface area contributed by atoms with E-state index in [0.29, 0.717) is 0 Å². The molecule has 0 aliphatic rings. The lowest BCUT2D eigenvalue weighted by Gasteiger charge is -2.04. The zero-order valence-electron chi connectivity index (χ0n) is 10.9. The van der Waals surface area contributed by atoms with Crippen LogP contribution >= 0.6 is 0 Å². The molecule has 8 heteroatoms. The molecule has 0 unspecified atom stereocenters. The SMILES string of the molecule is COC(=O)c1cc(C(=O)O)ccc1C(=O)O.c1c[nH]cn1. The lowest BCUT2D eigenvalue weighted by atomic mass is 10.0. The first-order valence-electron chi connectivity index (χ1n) is 5.59. The van der Waals surface area contributed by atoms with Crippen molar-refractivity contribution in [2.75, 3.05) is 7.11 Å². The van der Waals surface area contributed by atoms with E-state index in [-0.39, 0.29) is 16.7 Å². The number of nitrogens with one attached hydrogen (secondary N) is 1. The van der Waals surface area contributed by atoms with Crippen molar-refractivity contribution in [3.8, 4) is 0 Å². The average Bonchev–Trinajstić information content (AvgIpc) is 3.05. The number of imidazole rings is 1. The van der Waals surface area contributed by atoms with E-state index in [1.54, 1.807) is 18.7 Å². The molecule has 1 aromatic carbocycles. The summed E-state index contributed by atoms with van der Waals surface area (Å²) in [5.74, 6) is -3.46. The number of ether oxygens (including phenoxy) is 1. The van der Waals surface area contributed by atoms with E-state index in [9.17, 15) is 14.4 Å². The van der Waals surface area contributed by atoms with Crippen LogP contribution in [0.4, 0.5) is 0 Å². The number of hydrogen-bond acceptors (Lipinski definition) is 5. The minimum atomic E-state index is -1.32. The van der Waals surface area contributed by atoms with Crippen molar-refractivity contribution in [1.82, 2.24) is 9.97 Å². The van der Waals surface area contributed by atoms with Gasteiger partial charge in [-0.2, -0.15) is 0 Å². The second-order valence-electron chi connectivity index (χ2n) is 3.62. The van der Waals surface area contributed by atoms with Crippen LogP contribution in [0.25, 0.3) is 0 Å². The summed E-state index contributed by atoms with van der Waals surface area (Å²) in [6, 6.07) is 3.13. The van der Waals surface area contributed by atoms with Gasteiger partial charge < -0.3 is 19.9 Å². The maximum absolute atomic E-state index is 11.2. The van der Waals surface area contributed by atoms with Gasteiger partial charge in [-0.25, -0.2) is 19.4 Å². The molecule has 0 spiro atoms. The van der Waals surface area contributed by atoms with Gasteiger partial charge in [-0.3, -0.25) is 0 Å². The fourth-order valence-corrected chi connectivity index (χ4v) is 1.36. The zero-order valence-corrected chi connectivity index (χ0v) is 10.9. The molecule has 0 fully saturated rings. The van der Waals surface area contributed by atoms with E-state index in [1.165, 1.54) is 0 Å². The minimum absolute atomic E-state index is 0.176. The van der Waals surface area contributed by atoms with Crippen molar-refractivity contribution in [1.29, 1.82) is 0 Å². The summed E-state index contributed by atoms with van der Waals surface area (Å²) in [6.45, 7) is 0. The quantitative estimate of drug-likeness (QED) is 0.726. The fourth-order valence-electron chi connectivity index (χ4n) is 1.36. The Balaban J connectivity index is 0.000000369. The molecule has 0 saturated carbocycles. The standard InChI is InChI=1S/C10H8O6.C3H4N2/c1-16-10(15)7-4-5(8(11)12)2-3-6(7)9(13)14;1-2-5-3-4-1/h2-4H,1H3,(H,11,12)(H,13,14);1-3H,(H,4,5). The van der Waals surface area contributed by atoms with Gasteiger partial charge in [0.2, 0.25) is 0 Å². The summed E-state index contributed by atoms with van der Waals surface area (Å²) in [6.07, 6.45) is 5.08. The highest BCUT2D eigenvalue weighted by molar-refractivity contribution is 6.04. The summed E-state index contributed by atoms with van der Waals surface area (Å²) in [5.41, 5.74) is -0.753. The molecule has 0 saturated heterocycles. The molecule has 110 valence electrons. The van der Waals surface area contributed by atoms with E-state index >= 15 is 0 Å². The molecule has 2 rings (SSSR count). The van der Waals surface area contributed by atoms with E-state index in [4.69, 9.17) is 10.2 Å². The predicted octanol–water partition coefficient (Wildman–Crippen LogP) is 1.28. The van der Waals surface area contributed by atoms with Crippen molar-refractivity contribution in [3.05, 3.63) is 53.6 Å². The summed E-state index contributed by atoms with van der Waals surface area (Å²) >= 11 is 0. The van der Waals surface area contributed by atoms with Crippen LogP contribution in [-0.2, 0) is 4.74 Å².